The van der Waals surface area contributed by atoms with Crippen molar-refractivity contribution < 1.29 is 4.52 Å². The van der Waals surface area contributed by atoms with Gasteiger partial charge in [0.15, 0.2) is 0 Å². The summed E-state index contributed by atoms with van der Waals surface area (Å²) in [4.78, 5) is 8.92. The third kappa shape index (κ3) is 1.58. The van der Waals surface area contributed by atoms with Gasteiger partial charge in [0.2, 0.25) is 11.7 Å². The summed E-state index contributed by atoms with van der Waals surface area (Å²) in [6, 6.07) is -0.228. The highest BCUT2D eigenvalue weighted by Gasteiger charge is 2.12. The second-order valence-electron chi connectivity index (χ2n) is 2.61. The van der Waals surface area contributed by atoms with E-state index in [9.17, 15) is 0 Å². The molecule has 0 fully saturated rings. The van der Waals surface area contributed by atoms with Crippen LogP contribution in [0.2, 0.25) is 0 Å². The Morgan fingerprint density at radius 3 is 3.00 bits per heavy atom. The highest BCUT2D eigenvalue weighted by Crippen LogP contribution is 2.20. The van der Waals surface area contributed by atoms with Crippen LogP contribution in [-0.4, -0.2) is 15.1 Å². The van der Waals surface area contributed by atoms with Crippen LogP contribution in [0.15, 0.2) is 16.2 Å². The fraction of sp³-hybridized carbons (Fsp3) is 0.286. The van der Waals surface area contributed by atoms with E-state index in [1.54, 1.807) is 18.6 Å². The molecule has 2 aromatic heterocycles. The zero-order valence-electron chi connectivity index (χ0n) is 6.97. The van der Waals surface area contributed by atoms with Crippen LogP contribution in [0.25, 0.3) is 10.7 Å². The minimum absolute atomic E-state index is 0.228. The number of thiazole rings is 1. The molecule has 1 atom stereocenters. The van der Waals surface area contributed by atoms with Crippen LogP contribution in [0, 0.1) is 0 Å². The van der Waals surface area contributed by atoms with Gasteiger partial charge in [-0.3, -0.25) is 4.98 Å². The number of hydrogen-bond acceptors (Lipinski definition) is 6. The van der Waals surface area contributed by atoms with Crippen LogP contribution in [0.5, 0.6) is 0 Å². The van der Waals surface area contributed by atoms with E-state index in [0.717, 1.165) is 4.88 Å². The van der Waals surface area contributed by atoms with Crippen molar-refractivity contribution in [2.24, 2.45) is 5.73 Å². The summed E-state index contributed by atoms with van der Waals surface area (Å²) in [5.41, 5.74) is 7.29. The zero-order valence-corrected chi connectivity index (χ0v) is 7.78. The second-order valence-corrected chi connectivity index (χ2v) is 3.50. The van der Waals surface area contributed by atoms with Crippen molar-refractivity contribution in [3.05, 3.63) is 17.6 Å². The minimum atomic E-state index is -0.228. The Balaban J connectivity index is 2.33. The van der Waals surface area contributed by atoms with Gasteiger partial charge in [-0.1, -0.05) is 5.16 Å². The molecule has 2 rings (SSSR count). The molecule has 0 saturated heterocycles. The maximum absolute atomic E-state index is 5.57. The normalized spacial score (nSPS) is 13.1. The Hall–Kier alpha value is -1.27. The van der Waals surface area contributed by atoms with Gasteiger partial charge in [0, 0.05) is 6.20 Å². The van der Waals surface area contributed by atoms with Gasteiger partial charge in [0.1, 0.15) is 0 Å². The zero-order chi connectivity index (χ0) is 9.26. The summed E-state index contributed by atoms with van der Waals surface area (Å²) in [5.74, 6) is 0.998. The van der Waals surface area contributed by atoms with Crippen molar-refractivity contribution in [3.8, 4) is 10.7 Å². The quantitative estimate of drug-likeness (QED) is 0.781. The molecule has 2 heterocycles. The van der Waals surface area contributed by atoms with Crippen molar-refractivity contribution in [3.63, 3.8) is 0 Å². The SMILES string of the molecule is C[C@H](N)c1nc(-c2cncs2)no1. The monoisotopic (exact) mass is 196 g/mol. The van der Waals surface area contributed by atoms with Crippen LogP contribution in [0.4, 0.5) is 0 Å². The molecule has 0 amide bonds. The average Bonchev–Trinajstić information content (AvgIpc) is 2.75. The van der Waals surface area contributed by atoms with Gasteiger partial charge >= 0.3 is 0 Å². The topological polar surface area (TPSA) is 77.8 Å². The first-order valence-corrected chi connectivity index (χ1v) is 4.63. The first-order valence-electron chi connectivity index (χ1n) is 3.75. The second kappa shape index (κ2) is 3.23. The lowest BCUT2D eigenvalue weighted by Crippen LogP contribution is -2.04. The van der Waals surface area contributed by atoms with Gasteiger partial charge in [-0.05, 0) is 6.92 Å². The maximum atomic E-state index is 5.57. The number of nitrogens with two attached hydrogens (primary N) is 1. The Labute approximate surface area is 78.6 Å². The van der Waals surface area contributed by atoms with Crippen LogP contribution in [0.3, 0.4) is 0 Å². The lowest BCUT2D eigenvalue weighted by molar-refractivity contribution is 0.362. The molecular weight excluding hydrogens is 188 g/mol. The minimum Gasteiger partial charge on any atom is -0.337 e. The molecule has 0 saturated carbocycles. The third-order valence-corrected chi connectivity index (χ3v) is 2.25. The number of aromatic nitrogens is 3. The molecule has 0 unspecified atom stereocenters. The molecule has 68 valence electrons. The summed E-state index contributed by atoms with van der Waals surface area (Å²) >= 11 is 1.46. The molecule has 0 aliphatic carbocycles. The molecule has 5 nitrogen and oxygen atoms in total. The lowest BCUT2D eigenvalue weighted by atomic mass is 10.4. The molecule has 2 aromatic rings. The molecule has 2 N–H and O–H groups in total. The predicted molar refractivity (Wildman–Crippen MR) is 48.0 cm³/mol. The first kappa shape index (κ1) is 8.33. The van der Waals surface area contributed by atoms with Gasteiger partial charge < -0.3 is 10.3 Å². The Bertz CT molecular complexity index is 381. The van der Waals surface area contributed by atoms with E-state index in [4.69, 9.17) is 10.3 Å². The van der Waals surface area contributed by atoms with E-state index in [1.807, 2.05) is 0 Å². The van der Waals surface area contributed by atoms with Crippen molar-refractivity contribution in [2.75, 3.05) is 0 Å². The predicted octanol–water partition coefficient (Wildman–Crippen LogP) is 1.21. The third-order valence-electron chi connectivity index (χ3n) is 1.48. The van der Waals surface area contributed by atoms with Crippen LogP contribution in [-0.2, 0) is 0 Å². The van der Waals surface area contributed by atoms with Crippen molar-refractivity contribution in [2.45, 2.75) is 13.0 Å². The van der Waals surface area contributed by atoms with E-state index in [2.05, 4.69) is 15.1 Å². The highest BCUT2D eigenvalue weighted by molar-refractivity contribution is 7.13. The Kier molecular flexibility index (Phi) is 2.07. The summed E-state index contributed by atoms with van der Waals surface area (Å²) in [6.45, 7) is 1.80. The van der Waals surface area contributed by atoms with Crippen molar-refractivity contribution >= 4 is 11.3 Å². The molecule has 0 radical (unpaired) electrons. The lowest BCUT2D eigenvalue weighted by Gasteiger charge is -1.92. The number of rotatable bonds is 2. The first-order chi connectivity index (χ1) is 6.27. The van der Waals surface area contributed by atoms with Gasteiger partial charge in [0.05, 0.1) is 16.4 Å². The van der Waals surface area contributed by atoms with Crippen LogP contribution in [0.1, 0.15) is 18.9 Å². The van der Waals surface area contributed by atoms with E-state index in [0.29, 0.717) is 11.7 Å². The Morgan fingerprint density at radius 2 is 2.46 bits per heavy atom. The van der Waals surface area contributed by atoms with Crippen LogP contribution < -0.4 is 5.73 Å². The van der Waals surface area contributed by atoms with Gasteiger partial charge in [-0.15, -0.1) is 11.3 Å². The summed E-state index contributed by atoms with van der Waals surface area (Å²) in [5, 5.41) is 3.78. The summed E-state index contributed by atoms with van der Waals surface area (Å²) in [6.07, 6.45) is 1.69. The largest absolute Gasteiger partial charge is 0.337 e. The fourth-order valence-electron chi connectivity index (χ4n) is 0.846. The molecule has 0 spiro atoms. The highest BCUT2D eigenvalue weighted by atomic mass is 32.1. The van der Waals surface area contributed by atoms with Crippen LogP contribution >= 0.6 is 11.3 Å². The van der Waals surface area contributed by atoms with Gasteiger partial charge in [-0.2, -0.15) is 4.98 Å². The standard InChI is InChI=1S/C7H8N4OS/c1-4(8)7-10-6(11-12-7)5-2-9-3-13-5/h2-4H,8H2,1H3/t4-/m0/s1. The molecule has 0 bridgehead atoms. The molecular formula is C7H8N4OS. The maximum Gasteiger partial charge on any atom is 0.243 e. The molecule has 0 aliphatic rings. The van der Waals surface area contributed by atoms with E-state index in [1.165, 1.54) is 11.3 Å². The molecule has 0 aromatic carbocycles. The smallest absolute Gasteiger partial charge is 0.243 e. The molecule has 13 heavy (non-hydrogen) atoms. The summed E-state index contributed by atoms with van der Waals surface area (Å²) < 4.78 is 4.94. The number of hydrogen-bond donors (Lipinski definition) is 1. The van der Waals surface area contributed by atoms with E-state index < -0.39 is 0 Å². The number of nitrogens with zero attached hydrogens (tertiary/aromatic N) is 3. The summed E-state index contributed by atoms with van der Waals surface area (Å²) in [7, 11) is 0. The van der Waals surface area contributed by atoms with Crippen molar-refractivity contribution in [1.29, 1.82) is 0 Å². The van der Waals surface area contributed by atoms with E-state index >= 15 is 0 Å². The fourth-order valence-corrected chi connectivity index (χ4v) is 1.39. The Morgan fingerprint density at radius 1 is 1.62 bits per heavy atom. The molecule has 6 heteroatoms. The van der Waals surface area contributed by atoms with Gasteiger partial charge in [-0.25, -0.2) is 0 Å². The van der Waals surface area contributed by atoms with E-state index in [-0.39, 0.29) is 6.04 Å². The van der Waals surface area contributed by atoms with Crippen molar-refractivity contribution in [1.82, 2.24) is 15.1 Å². The molecule has 0 aliphatic heterocycles. The van der Waals surface area contributed by atoms with Gasteiger partial charge in [0.25, 0.3) is 0 Å². The average molecular weight is 196 g/mol.